The van der Waals surface area contributed by atoms with Gasteiger partial charge < -0.3 is 4.74 Å². The second kappa shape index (κ2) is 12.2. The van der Waals surface area contributed by atoms with Crippen molar-refractivity contribution in [3.63, 3.8) is 0 Å². The van der Waals surface area contributed by atoms with E-state index in [1.807, 2.05) is 96.4 Å². The molecule has 194 valence electrons. The maximum atomic E-state index is 12.7. The van der Waals surface area contributed by atoms with Crippen molar-refractivity contribution in [2.75, 3.05) is 12.9 Å². The van der Waals surface area contributed by atoms with Gasteiger partial charge in [0.2, 0.25) is 0 Å². The molecule has 0 aliphatic heterocycles. The summed E-state index contributed by atoms with van der Waals surface area (Å²) in [5, 5.41) is 13.7. The predicted octanol–water partition coefficient (Wildman–Crippen LogP) is 6.24. The molecular weight excluding hydrogens is 506 g/mol. The molecule has 5 rings (SSSR count). The number of rotatable bonds is 9. The molecule has 7 nitrogen and oxygen atoms in total. The van der Waals surface area contributed by atoms with E-state index in [0.29, 0.717) is 11.0 Å². The lowest BCUT2D eigenvalue weighted by Gasteiger charge is -2.10. The number of para-hydroxylation sites is 1. The molecule has 1 heterocycles. The third kappa shape index (κ3) is 6.25. The molecule has 39 heavy (non-hydrogen) atoms. The quantitative estimate of drug-likeness (QED) is 0.138. The minimum absolute atomic E-state index is 0.136. The standard InChI is InChI=1S/C31H27N5O2S/c1-22(23-13-15-25(16-14-23)24-9-5-3-6-10-24)32-33-29(37)21-39-31-35-34-30(26-17-19-28(38-2)20-18-26)36(31)27-11-7-4-8-12-27/h3-20H,21H2,1-2H3,(H,33,37). The van der Waals surface area contributed by atoms with Gasteiger partial charge in [-0.05, 0) is 60.0 Å². The zero-order valence-corrected chi connectivity index (χ0v) is 22.4. The zero-order chi connectivity index (χ0) is 27.0. The van der Waals surface area contributed by atoms with E-state index in [2.05, 4.69) is 45.0 Å². The van der Waals surface area contributed by atoms with Crippen LogP contribution in [0.2, 0.25) is 0 Å². The molecule has 0 unspecified atom stereocenters. The van der Waals surface area contributed by atoms with Crippen LogP contribution in [0.4, 0.5) is 0 Å². The Labute approximate surface area is 231 Å². The Morgan fingerprint density at radius 1 is 0.821 bits per heavy atom. The van der Waals surface area contributed by atoms with Gasteiger partial charge in [0.05, 0.1) is 18.6 Å². The number of nitrogens with one attached hydrogen (secondary N) is 1. The van der Waals surface area contributed by atoms with E-state index in [1.54, 1.807) is 7.11 Å². The summed E-state index contributed by atoms with van der Waals surface area (Å²) in [4.78, 5) is 12.7. The number of nitrogens with zero attached hydrogens (tertiary/aromatic N) is 4. The number of hydrazone groups is 1. The van der Waals surface area contributed by atoms with Crippen molar-refractivity contribution in [3.8, 4) is 34.0 Å². The maximum absolute atomic E-state index is 12.7. The van der Waals surface area contributed by atoms with Crippen molar-refractivity contribution < 1.29 is 9.53 Å². The number of amides is 1. The zero-order valence-electron chi connectivity index (χ0n) is 21.6. The van der Waals surface area contributed by atoms with Crippen molar-refractivity contribution in [1.29, 1.82) is 0 Å². The van der Waals surface area contributed by atoms with Gasteiger partial charge in [-0.1, -0.05) is 84.6 Å². The summed E-state index contributed by atoms with van der Waals surface area (Å²) in [7, 11) is 1.63. The Morgan fingerprint density at radius 2 is 1.44 bits per heavy atom. The molecule has 5 aromatic rings. The van der Waals surface area contributed by atoms with Crippen LogP contribution in [0.1, 0.15) is 12.5 Å². The van der Waals surface area contributed by atoms with E-state index >= 15 is 0 Å². The van der Waals surface area contributed by atoms with Gasteiger partial charge in [0, 0.05) is 11.3 Å². The summed E-state index contributed by atoms with van der Waals surface area (Å²) in [6, 6.07) is 35.8. The predicted molar refractivity (Wildman–Crippen MR) is 156 cm³/mol. The van der Waals surface area contributed by atoms with Gasteiger partial charge >= 0.3 is 0 Å². The van der Waals surface area contributed by atoms with Gasteiger partial charge in [0.15, 0.2) is 11.0 Å². The molecule has 0 spiro atoms. The van der Waals surface area contributed by atoms with Crippen LogP contribution in [0.25, 0.3) is 28.2 Å². The first-order valence-corrected chi connectivity index (χ1v) is 13.4. The second-order valence-electron chi connectivity index (χ2n) is 8.67. The van der Waals surface area contributed by atoms with Crippen LogP contribution in [-0.4, -0.2) is 39.2 Å². The molecule has 0 saturated carbocycles. The first kappa shape index (κ1) is 25.9. The maximum Gasteiger partial charge on any atom is 0.250 e. The molecule has 0 fully saturated rings. The number of hydrogen-bond acceptors (Lipinski definition) is 6. The summed E-state index contributed by atoms with van der Waals surface area (Å²) >= 11 is 1.30. The molecule has 0 aliphatic carbocycles. The van der Waals surface area contributed by atoms with E-state index in [1.165, 1.54) is 11.8 Å². The summed E-state index contributed by atoms with van der Waals surface area (Å²) in [6.07, 6.45) is 0. The minimum atomic E-state index is -0.228. The molecule has 8 heteroatoms. The highest BCUT2D eigenvalue weighted by Crippen LogP contribution is 2.29. The van der Waals surface area contributed by atoms with Crippen molar-refractivity contribution in [2.24, 2.45) is 5.10 Å². The Morgan fingerprint density at radius 3 is 2.10 bits per heavy atom. The molecule has 0 radical (unpaired) electrons. The van der Waals surface area contributed by atoms with Crippen LogP contribution in [0.5, 0.6) is 5.75 Å². The number of methoxy groups -OCH3 is 1. The molecule has 0 atom stereocenters. The Balaban J connectivity index is 1.27. The highest BCUT2D eigenvalue weighted by Gasteiger charge is 2.17. The number of ether oxygens (including phenoxy) is 1. The van der Waals surface area contributed by atoms with Crippen molar-refractivity contribution >= 4 is 23.4 Å². The normalized spacial score (nSPS) is 11.3. The first-order valence-electron chi connectivity index (χ1n) is 12.4. The second-order valence-corrected chi connectivity index (χ2v) is 9.61. The lowest BCUT2D eigenvalue weighted by Crippen LogP contribution is -2.21. The fourth-order valence-corrected chi connectivity index (χ4v) is 4.75. The number of benzene rings is 4. The lowest BCUT2D eigenvalue weighted by atomic mass is 10.0. The molecule has 1 amide bonds. The number of carbonyl (C=O) groups is 1. The minimum Gasteiger partial charge on any atom is -0.497 e. The highest BCUT2D eigenvalue weighted by atomic mass is 32.2. The number of carbonyl (C=O) groups excluding carboxylic acids is 1. The van der Waals surface area contributed by atoms with E-state index in [9.17, 15) is 4.79 Å². The van der Waals surface area contributed by atoms with E-state index < -0.39 is 0 Å². The van der Waals surface area contributed by atoms with Crippen molar-refractivity contribution in [2.45, 2.75) is 12.1 Å². The SMILES string of the molecule is COc1ccc(-c2nnc(SCC(=O)NN=C(C)c3ccc(-c4ccccc4)cc3)n2-c2ccccc2)cc1. The third-order valence-corrected chi connectivity index (χ3v) is 7.02. The van der Waals surface area contributed by atoms with Crippen LogP contribution in [0.3, 0.4) is 0 Å². The molecule has 4 aromatic carbocycles. The molecule has 1 N–H and O–H groups in total. The van der Waals surface area contributed by atoms with Crippen LogP contribution in [0, 0.1) is 0 Å². The highest BCUT2D eigenvalue weighted by molar-refractivity contribution is 7.99. The smallest absolute Gasteiger partial charge is 0.250 e. The number of hydrogen-bond donors (Lipinski definition) is 1. The fourth-order valence-electron chi connectivity index (χ4n) is 4.01. The Kier molecular flexibility index (Phi) is 8.14. The molecule has 1 aromatic heterocycles. The first-order chi connectivity index (χ1) is 19.1. The molecule has 0 aliphatic rings. The van der Waals surface area contributed by atoms with E-state index in [4.69, 9.17) is 4.74 Å². The van der Waals surface area contributed by atoms with Gasteiger partial charge in [-0.3, -0.25) is 9.36 Å². The van der Waals surface area contributed by atoms with Gasteiger partial charge in [0.1, 0.15) is 5.75 Å². The number of thioether (sulfide) groups is 1. The van der Waals surface area contributed by atoms with Crippen LogP contribution < -0.4 is 10.2 Å². The summed E-state index contributed by atoms with van der Waals surface area (Å²) in [5.41, 5.74) is 8.41. The van der Waals surface area contributed by atoms with Crippen LogP contribution >= 0.6 is 11.8 Å². The monoisotopic (exact) mass is 533 g/mol. The molecule has 0 bridgehead atoms. The van der Waals surface area contributed by atoms with Gasteiger partial charge in [-0.25, -0.2) is 5.43 Å². The summed E-state index contributed by atoms with van der Waals surface area (Å²) in [6.45, 7) is 1.87. The Bertz CT molecular complexity index is 1570. The van der Waals surface area contributed by atoms with Crippen molar-refractivity contribution in [1.82, 2.24) is 20.2 Å². The third-order valence-electron chi connectivity index (χ3n) is 6.09. The molecule has 0 saturated heterocycles. The van der Waals surface area contributed by atoms with Gasteiger partial charge in [0.25, 0.3) is 5.91 Å². The van der Waals surface area contributed by atoms with Crippen LogP contribution in [-0.2, 0) is 4.79 Å². The topological polar surface area (TPSA) is 81.4 Å². The molecular formula is C31H27N5O2S. The van der Waals surface area contributed by atoms with Gasteiger partial charge in [-0.2, -0.15) is 5.10 Å². The fraction of sp³-hybridized carbons (Fsp3) is 0.0968. The lowest BCUT2D eigenvalue weighted by molar-refractivity contribution is -0.118. The number of aromatic nitrogens is 3. The van der Waals surface area contributed by atoms with E-state index in [-0.39, 0.29) is 11.7 Å². The average Bonchev–Trinajstić information content (AvgIpc) is 3.44. The van der Waals surface area contributed by atoms with Crippen molar-refractivity contribution in [3.05, 3.63) is 115 Å². The Hall–Kier alpha value is -4.69. The van der Waals surface area contributed by atoms with Crippen LogP contribution in [0.15, 0.2) is 119 Å². The average molecular weight is 534 g/mol. The van der Waals surface area contributed by atoms with Gasteiger partial charge in [-0.15, -0.1) is 10.2 Å². The largest absolute Gasteiger partial charge is 0.497 e. The summed E-state index contributed by atoms with van der Waals surface area (Å²) in [5.74, 6) is 1.35. The summed E-state index contributed by atoms with van der Waals surface area (Å²) < 4.78 is 7.23. The van der Waals surface area contributed by atoms with E-state index in [0.717, 1.165) is 39.4 Å².